The molecule has 0 radical (unpaired) electrons. The van der Waals surface area contributed by atoms with Crippen molar-refractivity contribution in [2.45, 2.75) is 510 Å². The highest BCUT2D eigenvalue weighted by molar-refractivity contribution is 7.47. The number of esters is 4. The molecule has 111 heavy (non-hydrogen) atoms. The van der Waals surface area contributed by atoms with Gasteiger partial charge in [-0.05, 0) is 43.4 Å². The molecule has 0 bridgehead atoms. The van der Waals surface area contributed by atoms with Crippen LogP contribution in [0.2, 0.25) is 0 Å². The van der Waals surface area contributed by atoms with E-state index in [0.717, 1.165) is 108 Å². The van der Waals surface area contributed by atoms with Crippen molar-refractivity contribution in [3.05, 3.63) is 0 Å². The van der Waals surface area contributed by atoms with E-state index < -0.39 is 97.5 Å². The summed E-state index contributed by atoms with van der Waals surface area (Å²) < 4.78 is 69.1. The number of carbonyl (C=O) groups excluding carboxylic acids is 4. The van der Waals surface area contributed by atoms with Gasteiger partial charge in [-0.2, -0.15) is 0 Å². The maximum Gasteiger partial charge on any atom is 0.472 e. The number of phosphoric acid groups is 2. The van der Waals surface area contributed by atoms with Gasteiger partial charge in [-0.1, -0.05) is 440 Å². The van der Waals surface area contributed by atoms with Gasteiger partial charge in [-0.25, -0.2) is 9.13 Å². The minimum Gasteiger partial charge on any atom is -0.462 e. The fourth-order valence-electron chi connectivity index (χ4n) is 14.4. The average molecular weight is 1620 g/mol. The van der Waals surface area contributed by atoms with Gasteiger partial charge in [0.15, 0.2) is 12.2 Å². The summed E-state index contributed by atoms with van der Waals surface area (Å²) in [5, 5.41) is 10.7. The molecule has 3 N–H and O–H groups in total. The van der Waals surface area contributed by atoms with E-state index in [9.17, 15) is 43.2 Å². The van der Waals surface area contributed by atoms with Crippen molar-refractivity contribution in [3.8, 4) is 0 Å². The summed E-state index contributed by atoms with van der Waals surface area (Å²) in [6.45, 7) is 12.1. The molecule has 0 spiro atoms. The van der Waals surface area contributed by atoms with Gasteiger partial charge >= 0.3 is 39.5 Å². The van der Waals surface area contributed by atoms with Crippen LogP contribution in [0.3, 0.4) is 0 Å². The lowest BCUT2D eigenvalue weighted by molar-refractivity contribution is -0.161. The Hall–Kier alpha value is -1.94. The molecule has 6 atom stereocenters. The van der Waals surface area contributed by atoms with Gasteiger partial charge in [0.1, 0.15) is 19.3 Å². The summed E-state index contributed by atoms with van der Waals surface area (Å²) >= 11 is 0. The Kier molecular flexibility index (Phi) is 80.4. The van der Waals surface area contributed by atoms with E-state index >= 15 is 0 Å². The Morgan fingerprint density at radius 1 is 0.261 bits per heavy atom. The third-order valence-corrected chi connectivity index (χ3v) is 23.9. The minimum absolute atomic E-state index is 0.107. The van der Waals surface area contributed by atoms with Crippen LogP contribution in [0.1, 0.15) is 492 Å². The van der Waals surface area contributed by atoms with Crippen molar-refractivity contribution < 1.29 is 80.2 Å². The number of ether oxygens (including phenoxy) is 4. The Morgan fingerprint density at radius 3 is 0.685 bits per heavy atom. The first-order valence-corrected chi connectivity index (χ1v) is 50.4. The predicted molar refractivity (Wildman–Crippen MR) is 460 cm³/mol. The summed E-state index contributed by atoms with van der Waals surface area (Å²) in [6, 6.07) is 0. The van der Waals surface area contributed by atoms with E-state index in [-0.39, 0.29) is 25.7 Å². The lowest BCUT2D eigenvalue weighted by Crippen LogP contribution is -2.30. The highest BCUT2D eigenvalue weighted by Gasteiger charge is 2.31. The van der Waals surface area contributed by atoms with Crippen LogP contribution in [0.15, 0.2) is 0 Å². The summed E-state index contributed by atoms with van der Waals surface area (Å²) in [6.07, 6.45) is 75.2. The Labute approximate surface area is 683 Å². The third-order valence-electron chi connectivity index (χ3n) is 22.0. The van der Waals surface area contributed by atoms with Crippen LogP contribution in [0.25, 0.3) is 0 Å². The summed E-state index contributed by atoms with van der Waals surface area (Å²) in [7, 11) is -9.94. The zero-order valence-electron chi connectivity index (χ0n) is 73.4. The number of aliphatic hydroxyl groups is 1. The van der Waals surface area contributed by atoms with Gasteiger partial charge in [0.05, 0.1) is 26.4 Å². The van der Waals surface area contributed by atoms with Crippen molar-refractivity contribution in [2.75, 3.05) is 39.6 Å². The van der Waals surface area contributed by atoms with E-state index in [2.05, 4.69) is 48.5 Å². The molecule has 0 aromatic heterocycles. The quantitative estimate of drug-likeness (QED) is 0.0222. The monoisotopic (exact) mass is 1620 g/mol. The van der Waals surface area contributed by atoms with E-state index in [0.29, 0.717) is 25.7 Å². The van der Waals surface area contributed by atoms with Gasteiger partial charge in [-0.3, -0.25) is 37.3 Å². The second kappa shape index (κ2) is 81.8. The molecule has 0 fully saturated rings. The Bertz CT molecular complexity index is 2130. The predicted octanol–water partition coefficient (Wildman–Crippen LogP) is 28.4. The van der Waals surface area contributed by atoms with Crippen LogP contribution in [0.4, 0.5) is 0 Å². The summed E-state index contributed by atoms with van der Waals surface area (Å²) in [5.41, 5.74) is 0. The highest BCUT2D eigenvalue weighted by atomic mass is 31.2. The molecule has 0 saturated carbocycles. The maximum absolute atomic E-state index is 13.2. The van der Waals surface area contributed by atoms with Crippen molar-refractivity contribution in [2.24, 2.45) is 17.8 Å². The molecule has 0 heterocycles. The summed E-state index contributed by atoms with van der Waals surface area (Å²) in [5.74, 6) is 0.293. The molecule has 17 nitrogen and oxygen atoms in total. The Morgan fingerprint density at radius 2 is 0.459 bits per heavy atom. The van der Waals surface area contributed by atoms with Crippen LogP contribution in [0, 0.1) is 17.8 Å². The van der Waals surface area contributed by atoms with Crippen LogP contribution in [0.5, 0.6) is 0 Å². The second-order valence-electron chi connectivity index (χ2n) is 34.2. The first-order chi connectivity index (χ1) is 53.8. The number of aliphatic hydroxyl groups excluding tert-OH is 1. The molecule has 0 saturated heterocycles. The van der Waals surface area contributed by atoms with E-state index in [1.165, 1.54) is 302 Å². The smallest absolute Gasteiger partial charge is 0.462 e. The SMILES string of the molecule is CCCCCCCCCCCCCCCCCCCCCCCC(=O)OC[C@H](COP(=O)(O)OC[C@@H](O)COP(=O)(O)OC[C@@H](COC(=O)CCCCCCCCCCC(C)C)OC(=O)CCCCCCCCCCCCCCCCC(C)C)OC(=O)CCCCCCCCCCCCCCCCCCCCC(C)CC. The van der Waals surface area contributed by atoms with Crippen LogP contribution < -0.4 is 0 Å². The Balaban J connectivity index is 5.23. The van der Waals surface area contributed by atoms with Crippen molar-refractivity contribution in [3.63, 3.8) is 0 Å². The lowest BCUT2D eigenvalue weighted by Gasteiger charge is -2.21. The first-order valence-electron chi connectivity index (χ1n) is 47.4. The number of hydrogen-bond donors (Lipinski definition) is 3. The largest absolute Gasteiger partial charge is 0.472 e. The average Bonchev–Trinajstić information content (AvgIpc) is 0.898. The number of carbonyl (C=O) groups is 4. The van der Waals surface area contributed by atoms with E-state index in [4.69, 9.17) is 37.0 Å². The maximum atomic E-state index is 13.2. The summed E-state index contributed by atoms with van der Waals surface area (Å²) in [4.78, 5) is 73.4. The topological polar surface area (TPSA) is 237 Å². The molecule has 0 aliphatic carbocycles. The fraction of sp³-hybridized carbons (Fsp3) is 0.957. The molecule has 660 valence electrons. The minimum atomic E-state index is -4.97. The van der Waals surface area contributed by atoms with Crippen LogP contribution in [-0.2, 0) is 65.4 Å². The lowest BCUT2D eigenvalue weighted by atomic mass is 9.99. The molecular formula is C92H180O17P2. The van der Waals surface area contributed by atoms with E-state index in [1.54, 1.807) is 0 Å². The van der Waals surface area contributed by atoms with Crippen molar-refractivity contribution in [1.29, 1.82) is 0 Å². The molecule has 0 aliphatic heterocycles. The van der Waals surface area contributed by atoms with Crippen molar-refractivity contribution >= 4 is 39.5 Å². The first kappa shape index (κ1) is 109. The normalized spacial score (nSPS) is 14.0. The van der Waals surface area contributed by atoms with Crippen LogP contribution >= 0.6 is 15.6 Å². The fourth-order valence-corrected chi connectivity index (χ4v) is 16.0. The molecule has 19 heteroatoms. The molecule has 0 amide bonds. The number of hydrogen-bond acceptors (Lipinski definition) is 15. The van der Waals surface area contributed by atoms with Crippen LogP contribution in [-0.4, -0.2) is 96.7 Å². The molecule has 0 aromatic rings. The van der Waals surface area contributed by atoms with Gasteiger partial charge in [-0.15, -0.1) is 0 Å². The number of phosphoric ester groups is 2. The van der Waals surface area contributed by atoms with Crippen molar-refractivity contribution in [1.82, 2.24) is 0 Å². The number of unbranched alkanes of at least 4 members (excludes halogenated alkanes) is 57. The van der Waals surface area contributed by atoms with Gasteiger partial charge in [0.25, 0.3) is 0 Å². The third kappa shape index (κ3) is 84.3. The second-order valence-corrected chi connectivity index (χ2v) is 37.2. The van der Waals surface area contributed by atoms with Gasteiger partial charge < -0.3 is 33.8 Å². The molecule has 0 rings (SSSR count). The molecule has 3 unspecified atom stereocenters. The standard InChI is InChI=1S/C92H180O17P2/c1-8-10-11-12-13-14-15-16-17-18-19-20-21-25-28-34-39-44-52-59-66-73-89(94)102-79-87(108-91(96)75-68-61-54-45-40-35-29-26-23-22-24-27-33-38-43-51-58-65-72-85(7)9-2)81-106-110(98,99)104-77-86(93)78-105-111(100,101)107-82-88(80-103-90(95)74-67-60-53-48-47-50-57-64-71-84(5)6)109-92(97)76-69-62-55-46-41-36-31-30-32-37-42-49-56-63-70-83(3)4/h83-88,93H,8-82H2,1-7H3,(H,98,99)(H,100,101)/t85?,86-,87-,88-/m1/s1. The zero-order chi connectivity index (χ0) is 81.5. The number of rotatable bonds is 90. The van der Waals surface area contributed by atoms with Gasteiger partial charge in [0, 0.05) is 25.7 Å². The molecular weight excluding hydrogens is 1440 g/mol. The van der Waals surface area contributed by atoms with Gasteiger partial charge in [0.2, 0.25) is 0 Å². The highest BCUT2D eigenvalue weighted by Crippen LogP contribution is 2.45. The molecule has 0 aliphatic rings. The zero-order valence-corrected chi connectivity index (χ0v) is 75.2. The molecule has 0 aromatic carbocycles. The van der Waals surface area contributed by atoms with E-state index in [1.807, 2.05) is 0 Å².